The van der Waals surface area contributed by atoms with Crippen LogP contribution < -0.4 is 10.6 Å². The molecule has 0 aromatic heterocycles. The van der Waals surface area contributed by atoms with Crippen LogP contribution in [0.1, 0.15) is 56.6 Å². The standard InChI is InChI=1S/C24H39N5O/c1-19-8-4-5-9-22(19)27-24(26-17-23(30)28(2)3)25-16-20-10-12-21(13-11-20)18-29-14-6-7-15-29/h10-13,19,22H,4-9,14-18H2,1-3H3,(H2,25,26,27). The molecule has 6 nitrogen and oxygen atoms in total. The maximum atomic E-state index is 12.0. The zero-order valence-electron chi connectivity index (χ0n) is 19.0. The van der Waals surface area contributed by atoms with Crippen molar-refractivity contribution >= 4 is 11.9 Å². The monoisotopic (exact) mass is 413 g/mol. The molecule has 1 aliphatic carbocycles. The minimum Gasteiger partial charge on any atom is -0.353 e. The molecular weight excluding hydrogens is 374 g/mol. The highest BCUT2D eigenvalue weighted by atomic mass is 16.2. The first-order valence-corrected chi connectivity index (χ1v) is 11.6. The van der Waals surface area contributed by atoms with Crippen molar-refractivity contribution in [2.75, 3.05) is 33.7 Å². The lowest BCUT2D eigenvalue weighted by atomic mass is 9.86. The number of guanidine groups is 1. The van der Waals surface area contributed by atoms with Gasteiger partial charge in [-0.15, -0.1) is 0 Å². The van der Waals surface area contributed by atoms with Crippen molar-refractivity contribution in [3.63, 3.8) is 0 Å². The first-order valence-electron chi connectivity index (χ1n) is 11.6. The Bertz CT molecular complexity index is 694. The summed E-state index contributed by atoms with van der Waals surface area (Å²) >= 11 is 0. The predicted octanol–water partition coefficient (Wildman–Crippen LogP) is 2.98. The third-order valence-corrected chi connectivity index (χ3v) is 6.39. The molecule has 0 spiro atoms. The molecule has 6 heteroatoms. The molecule has 0 bridgehead atoms. The molecule has 1 aliphatic heterocycles. The molecular formula is C24H39N5O. The summed E-state index contributed by atoms with van der Waals surface area (Å²) in [6, 6.07) is 9.23. The second kappa shape index (κ2) is 11.3. The minimum absolute atomic E-state index is 0.0486. The van der Waals surface area contributed by atoms with E-state index in [9.17, 15) is 4.79 Å². The SMILES string of the molecule is CC1CCCCC1NC(=NCc1ccc(CN2CCCC2)cc1)NCC(=O)N(C)C. The van der Waals surface area contributed by atoms with Gasteiger partial charge in [-0.3, -0.25) is 9.69 Å². The molecule has 2 N–H and O–H groups in total. The molecule has 2 aliphatic rings. The van der Waals surface area contributed by atoms with Crippen molar-refractivity contribution in [3.8, 4) is 0 Å². The second-order valence-corrected chi connectivity index (χ2v) is 9.12. The molecule has 2 atom stereocenters. The number of nitrogens with one attached hydrogen (secondary N) is 2. The fraction of sp³-hybridized carbons (Fsp3) is 0.667. The van der Waals surface area contributed by atoms with E-state index in [4.69, 9.17) is 4.99 Å². The number of carbonyl (C=O) groups excluding carboxylic acids is 1. The van der Waals surface area contributed by atoms with Crippen LogP contribution >= 0.6 is 0 Å². The van der Waals surface area contributed by atoms with Gasteiger partial charge in [-0.2, -0.15) is 0 Å². The Labute approximate surface area is 182 Å². The van der Waals surface area contributed by atoms with E-state index in [0.29, 0.717) is 18.5 Å². The summed E-state index contributed by atoms with van der Waals surface area (Å²) in [6.07, 6.45) is 7.62. The van der Waals surface area contributed by atoms with Gasteiger partial charge < -0.3 is 15.5 Å². The van der Waals surface area contributed by atoms with Crippen LogP contribution in [0, 0.1) is 5.92 Å². The fourth-order valence-corrected chi connectivity index (χ4v) is 4.30. The molecule has 1 amide bonds. The van der Waals surface area contributed by atoms with Crippen molar-refractivity contribution in [2.45, 2.75) is 64.6 Å². The highest BCUT2D eigenvalue weighted by Crippen LogP contribution is 2.23. The molecule has 1 saturated carbocycles. The van der Waals surface area contributed by atoms with Crippen molar-refractivity contribution in [2.24, 2.45) is 10.9 Å². The molecule has 30 heavy (non-hydrogen) atoms. The van der Waals surface area contributed by atoms with Crippen LogP contribution in [-0.2, 0) is 17.9 Å². The van der Waals surface area contributed by atoms with E-state index in [1.165, 1.54) is 56.3 Å². The number of aliphatic imine (C=N–C) groups is 1. The zero-order valence-corrected chi connectivity index (χ0v) is 19.0. The van der Waals surface area contributed by atoms with Gasteiger partial charge in [0.1, 0.15) is 0 Å². The highest BCUT2D eigenvalue weighted by molar-refractivity contribution is 5.86. The van der Waals surface area contributed by atoms with Gasteiger partial charge in [0.2, 0.25) is 5.91 Å². The Morgan fingerprint density at radius 2 is 1.73 bits per heavy atom. The average Bonchev–Trinajstić information content (AvgIpc) is 3.25. The van der Waals surface area contributed by atoms with Crippen LogP contribution in [0.25, 0.3) is 0 Å². The molecule has 166 valence electrons. The average molecular weight is 414 g/mol. The number of carbonyl (C=O) groups is 1. The van der Waals surface area contributed by atoms with E-state index >= 15 is 0 Å². The minimum atomic E-state index is 0.0486. The molecule has 1 heterocycles. The Morgan fingerprint density at radius 1 is 1.07 bits per heavy atom. The molecule has 2 fully saturated rings. The van der Waals surface area contributed by atoms with Gasteiger partial charge in [-0.1, -0.05) is 44.0 Å². The Morgan fingerprint density at radius 3 is 2.40 bits per heavy atom. The molecule has 2 unspecified atom stereocenters. The van der Waals surface area contributed by atoms with Crippen LogP contribution in [0.2, 0.25) is 0 Å². The van der Waals surface area contributed by atoms with Gasteiger partial charge >= 0.3 is 0 Å². The lowest BCUT2D eigenvalue weighted by molar-refractivity contribution is -0.127. The van der Waals surface area contributed by atoms with E-state index in [-0.39, 0.29) is 12.5 Å². The first kappa shape index (κ1) is 22.6. The maximum Gasteiger partial charge on any atom is 0.241 e. The molecule has 1 aromatic carbocycles. The smallest absolute Gasteiger partial charge is 0.241 e. The summed E-state index contributed by atoms with van der Waals surface area (Å²) in [7, 11) is 3.56. The first-order chi connectivity index (χ1) is 14.5. The van der Waals surface area contributed by atoms with Crippen molar-refractivity contribution in [1.82, 2.24) is 20.4 Å². The third-order valence-electron chi connectivity index (χ3n) is 6.39. The number of rotatable bonds is 7. The second-order valence-electron chi connectivity index (χ2n) is 9.12. The van der Waals surface area contributed by atoms with Crippen LogP contribution in [0.4, 0.5) is 0 Å². The summed E-state index contributed by atoms with van der Waals surface area (Å²) in [6.45, 7) is 6.66. The topological polar surface area (TPSA) is 60.0 Å². The van der Waals surface area contributed by atoms with E-state index in [0.717, 1.165) is 18.9 Å². The van der Waals surface area contributed by atoms with E-state index in [2.05, 4.69) is 46.7 Å². The highest BCUT2D eigenvalue weighted by Gasteiger charge is 2.22. The molecule has 3 rings (SSSR count). The van der Waals surface area contributed by atoms with Gasteiger partial charge in [0, 0.05) is 26.7 Å². The number of benzene rings is 1. The van der Waals surface area contributed by atoms with Gasteiger partial charge in [-0.05, 0) is 55.8 Å². The van der Waals surface area contributed by atoms with Crippen LogP contribution in [0.5, 0.6) is 0 Å². The van der Waals surface area contributed by atoms with Gasteiger partial charge in [-0.25, -0.2) is 4.99 Å². The summed E-state index contributed by atoms with van der Waals surface area (Å²) in [5, 5.41) is 6.83. The predicted molar refractivity (Wildman–Crippen MR) is 123 cm³/mol. The Balaban J connectivity index is 1.59. The Kier molecular flexibility index (Phi) is 8.55. The zero-order chi connectivity index (χ0) is 21.3. The van der Waals surface area contributed by atoms with E-state index in [1.807, 2.05) is 0 Å². The Hall–Kier alpha value is -2.08. The lowest BCUT2D eigenvalue weighted by Crippen LogP contribution is -2.49. The lowest BCUT2D eigenvalue weighted by Gasteiger charge is -2.31. The van der Waals surface area contributed by atoms with Crippen LogP contribution in [0.3, 0.4) is 0 Å². The summed E-state index contributed by atoms with van der Waals surface area (Å²) in [5.41, 5.74) is 2.56. The fourth-order valence-electron chi connectivity index (χ4n) is 4.30. The number of hydrogen-bond donors (Lipinski definition) is 2. The number of nitrogens with zero attached hydrogens (tertiary/aromatic N) is 3. The summed E-state index contributed by atoms with van der Waals surface area (Å²) in [5.74, 6) is 1.41. The summed E-state index contributed by atoms with van der Waals surface area (Å²) < 4.78 is 0. The van der Waals surface area contributed by atoms with E-state index < -0.39 is 0 Å². The third kappa shape index (κ3) is 7.01. The molecule has 0 radical (unpaired) electrons. The quantitative estimate of drug-likeness (QED) is 0.533. The van der Waals surface area contributed by atoms with Crippen molar-refractivity contribution in [3.05, 3.63) is 35.4 Å². The van der Waals surface area contributed by atoms with Crippen LogP contribution in [0.15, 0.2) is 29.3 Å². The van der Waals surface area contributed by atoms with Crippen LogP contribution in [-0.4, -0.2) is 61.4 Å². The van der Waals surface area contributed by atoms with E-state index in [1.54, 1.807) is 19.0 Å². The number of likely N-dealkylation sites (tertiary alicyclic amines) is 1. The largest absolute Gasteiger partial charge is 0.353 e. The maximum absolute atomic E-state index is 12.0. The number of amides is 1. The normalized spacial score (nSPS) is 22.7. The van der Waals surface area contributed by atoms with Crippen molar-refractivity contribution < 1.29 is 4.79 Å². The van der Waals surface area contributed by atoms with Gasteiger partial charge in [0.15, 0.2) is 5.96 Å². The molecule has 1 saturated heterocycles. The summed E-state index contributed by atoms with van der Waals surface area (Å²) in [4.78, 5) is 21.0. The molecule has 1 aromatic rings. The van der Waals surface area contributed by atoms with Gasteiger partial charge in [0.25, 0.3) is 0 Å². The van der Waals surface area contributed by atoms with Gasteiger partial charge in [0.05, 0.1) is 13.1 Å². The number of hydrogen-bond acceptors (Lipinski definition) is 3. The number of likely N-dealkylation sites (N-methyl/N-ethyl adjacent to an activating group) is 1. The van der Waals surface area contributed by atoms with Crippen molar-refractivity contribution in [1.29, 1.82) is 0 Å².